The van der Waals surface area contributed by atoms with E-state index in [0.717, 1.165) is 25.2 Å². The standard InChI is InChI=1S/C16H24N2O/c1-2-18(11-12-4-3-5-16(19)8-12)15-9-13-6-7-14(10-15)17-13/h3-5,8,13-15,17,19H,2,6-7,9-11H2,1H3. The molecule has 2 unspecified atom stereocenters. The van der Waals surface area contributed by atoms with Crippen LogP contribution in [0.5, 0.6) is 5.75 Å². The Hall–Kier alpha value is -1.06. The van der Waals surface area contributed by atoms with Crippen LogP contribution in [0.1, 0.15) is 38.2 Å². The number of hydrogen-bond donors (Lipinski definition) is 2. The first-order valence-corrected chi connectivity index (χ1v) is 7.52. The summed E-state index contributed by atoms with van der Waals surface area (Å²) in [7, 11) is 0. The van der Waals surface area contributed by atoms with Gasteiger partial charge in [0.2, 0.25) is 0 Å². The zero-order chi connectivity index (χ0) is 13.2. The molecule has 2 aliphatic heterocycles. The average Bonchev–Trinajstić information content (AvgIpc) is 2.75. The number of phenolic OH excluding ortho intramolecular Hbond substituents is 1. The van der Waals surface area contributed by atoms with Gasteiger partial charge in [-0.3, -0.25) is 4.90 Å². The second kappa shape index (κ2) is 5.51. The van der Waals surface area contributed by atoms with Gasteiger partial charge in [0.1, 0.15) is 5.75 Å². The van der Waals surface area contributed by atoms with Gasteiger partial charge in [0.25, 0.3) is 0 Å². The van der Waals surface area contributed by atoms with Gasteiger partial charge in [0.15, 0.2) is 0 Å². The second-order valence-electron chi connectivity index (χ2n) is 6.00. The summed E-state index contributed by atoms with van der Waals surface area (Å²) in [5, 5.41) is 13.3. The topological polar surface area (TPSA) is 35.5 Å². The van der Waals surface area contributed by atoms with E-state index in [-0.39, 0.29) is 0 Å². The number of rotatable bonds is 4. The molecule has 2 fully saturated rings. The Labute approximate surface area is 115 Å². The predicted molar refractivity (Wildman–Crippen MR) is 77.2 cm³/mol. The normalized spacial score (nSPS) is 29.9. The van der Waals surface area contributed by atoms with E-state index >= 15 is 0 Å². The summed E-state index contributed by atoms with van der Waals surface area (Å²) in [5.74, 6) is 0.374. The molecule has 2 N–H and O–H groups in total. The summed E-state index contributed by atoms with van der Waals surface area (Å²) in [6.45, 7) is 4.28. The van der Waals surface area contributed by atoms with Crippen LogP contribution in [0.3, 0.4) is 0 Å². The first-order valence-electron chi connectivity index (χ1n) is 7.52. The van der Waals surface area contributed by atoms with Crippen LogP contribution in [-0.2, 0) is 6.54 Å². The summed E-state index contributed by atoms with van der Waals surface area (Å²) >= 11 is 0. The van der Waals surface area contributed by atoms with Crippen molar-refractivity contribution in [2.75, 3.05) is 6.54 Å². The lowest BCUT2D eigenvalue weighted by Crippen LogP contribution is -2.47. The molecule has 2 saturated heterocycles. The number of nitrogens with zero attached hydrogens (tertiary/aromatic N) is 1. The highest BCUT2D eigenvalue weighted by molar-refractivity contribution is 5.27. The van der Waals surface area contributed by atoms with Crippen LogP contribution in [0.4, 0.5) is 0 Å². The van der Waals surface area contributed by atoms with E-state index in [9.17, 15) is 5.11 Å². The van der Waals surface area contributed by atoms with E-state index in [4.69, 9.17) is 0 Å². The maximum Gasteiger partial charge on any atom is 0.115 e. The lowest BCUT2D eigenvalue weighted by atomic mass is 9.97. The Bertz CT molecular complexity index is 423. The first kappa shape index (κ1) is 12.9. The van der Waals surface area contributed by atoms with E-state index < -0.39 is 0 Å². The van der Waals surface area contributed by atoms with Crippen molar-refractivity contribution >= 4 is 0 Å². The molecule has 104 valence electrons. The number of hydrogen-bond acceptors (Lipinski definition) is 3. The summed E-state index contributed by atoms with van der Waals surface area (Å²) in [5.41, 5.74) is 1.22. The molecule has 2 bridgehead atoms. The van der Waals surface area contributed by atoms with E-state index in [1.165, 1.54) is 31.2 Å². The van der Waals surface area contributed by atoms with Gasteiger partial charge in [0.05, 0.1) is 0 Å². The lowest BCUT2D eigenvalue weighted by Gasteiger charge is -2.37. The number of fused-ring (bicyclic) bond motifs is 2. The molecule has 1 aromatic carbocycles. The van der Waals surface area contributed by atoms with Crippen molar-refractivity contribution in [3.63, 3.8) is 0 Å². The maximum absolute atomic E-state index is 9.57. The Balaban J connectivity index is 1.67. The molecule has 19 heavy (non-hydrogen) atoms. The first-order chi connectivity index (χ1) is 9.24. The van der Waals surface area contributed by atoms with Crippen molar-refractivity contribution in [1.82, 2.24) is 10.2 Å². The smallest absolute Gasteiger partial charge is 0.115 e. The van der Waals surface area contributed by atoms with Crippen molar-refractivity contribution in [3.05, 3.63) is 29.8 Å². The fourth-order valence-corrected chi connectivity index (χ4v) is 3.71. The third kappa shape index (κ3) is 2.93. The number of phenols is 1. The fourth-order valence-electron chi connectivity index (χ4n) is 3.71. The van der Waals surface area contributed by atoms with Crippen LogP contribution >= 0.6 is 0 Å². The van der Waals surface area contributed by atoms with E-state index in [1.807, 2.05) is 12.1 Å². The summed E-state index contributed by atoms with van der Waals surface area (Å²) in [6, 6.07) is 9.85. The number of benzene rings is 1. The molecule has 3 heteroatoms. The zero-order valence-electron chi connectivity index (χ0n) is 11.7. The molecule has 0 aliphatic carbocycles. The molecule has 0 amide bonds. The van der Waals surface area contributed by atoms with Gasteiger partial charge in [-0.25, -0.2) is 0 Å². The van der Waals surface area contributed by atoms with Crippen molar-refractivity contribution in [1.29, 1.82) is 0 Å². The molecule has 0 spiro atoms. The minimum Gasteiger partial charge on any atom is -0.508 e. The summed E-state index contributed by atoms with van der Waals surface area (Å²) in [4.78, 5) is 2.57. The van der Waals surface area contributed by atoms with Gasteiger partial charge < -0.3 is 10.4 Å². The molecule has 2 aliphatic rings. The second-order valence-corrected chi connectivity index (χ2v) is 6.00. The Kier molecular flexibility index (Phi) is 3.76. The van der Waals surface area contributed by atoms with Gasteiger partial charge in [0, 0.05) is 24.7 Å². The minimum atomic E-state index is 0.374. The Morgan fingerprint density at radius 3 is 2.63 bits per heavy atom. The van der Waals surface area contributed by atoms with Gasteiger partial charge in [-0.1, -0.05) is 19.1 Å². The molecule has 2 atom stereocenters. The zero-order valence-corrected chi connectivity index (χ0v) is 11.7. The highest BCUT2D eigenvalue weighted by atomic mass is 16.3. The number of piperidine rings is 1. The van der Waals surface area contributed by atoms with Crippen LogP contribution in [-0.4, -0.2) is 34.7 Å². The van der Waals surface area contributed by atoms with Crippen molar-refractivity contribution in [2.24, 2.45) is 0 Å². The summed E-state index contributed by atoms with van der Waals surface area (Å²) < 4.78 is 0. The predicted octanol–water partition coefficient (Wildman–Crippen LogP) is 2.50. The summed E-state index contributed by atoms with van der Waals surface area (Å²) in [6.07, 6.45) is 5.27. The van der Waals surface area contributed by atoms with Gasteiger partial charge in [-0.2, -0.15) is 0 Å². The van der Waals surface area contributed by atoms with Crippen LogP contribution in [0.25, 0.3) is 0 Å². The van der Waals surface area contributed by atoms with E-state index in [2.05, 4.69) is 23.2 Å². The molecule has 2 heterocycles. The molecule has 0 radical (unpaired) electrons. The fraction of sp³-hybridized carbons (Fsp3) is 0.625. The lowest BCUT2D eigenvalue weighted by molar-refractivity contribution is 0.140. The highest BCUT2D eigenvalue weighted by Gasteiger charge is 2.35. The van der Waals surface area contributed by atoms with Crippen LogP contribution in [0.15, 0.2) is 24.3 Å². The van der Waals surface area contributed by atoms with Gasteiger partial charge in [-0.15, -0.1) is 0 Å². The van der Waals surface area contributed by atoms with Crippen LogP contribution < -0.4 is 5.32 Å². The van der Waals surface area contributed by atoms with E-state index in [0.29, 0.717) is 11.8 Å². The molecule has 3 rings (SSSR count). The Morgan fingerprint density at radius 2 is 2.00 bits per heavy atom. The molecule has 0 aromatic heterocycles. The molecule has 1 aromatic rings. The molecule has 0 saturated carbocycles. The Morgan fingerprint density at radius 1 is 1.26 bits per heavy atom. The largest absolute Gasteiger partial charge is 0.508 e. The quantitative estimate of drug-likeness (QED) is 0.873. The monoisotopic (exact) mass is 260 g/mol. The van der Waals surface area contributed by atoms with Crippen LogP contribution in [0.2, 0.25) is 0 Å². The number of aromatic hydroxyl groups is 1. The SMILES string of the molecule is CCN(Cc1cccc(O)c1)C1CC2CCC(C1)N2. The third-order valence-electron chi connectivity index (χ3n) is 4.67. The maximum atomic E-state index is 9.57. The van der Waals surface area contributed by atoms with Crippen molar-refractivity contribution in [2.45, 2.75) is 57.3 Å². The van der Waals surface area contributed by atoms with Crippen molar-refractivity contribution < 1.29 is 5.11 Å². The highest BCUT2D eigenvalue weighted by Crippen LogP contribution is 2.30. The number of nitrogens with one attached hydrogen (secondary N) is 1. The average molecular weight is 260 g/mol. The van der Waals surface area contributed by atoms with E-state index in [1.54, 1.807) is 6.07 Å². The van der Waals surface area contributed by atoms with Gasteiger partial charge in [-0.05, 0) is 49.9 Å². The van der Waals surface area contributed by atoms with Crippen molar-refractivity contribution in [3.8, 4) is 5.75 Å². The van der Waals surface area contributed by atoms with Crippen LogP contribution in [0, 0.1) is 0 Å². The molecular formula is C16H24N2O. The van der Waals surface area contributed by atoms with Gasteiger partial charge >= 0.3 is 0 Å². The third-order valence-corrected chi connectivity index (χ3v) is 4.67. The molecular weight excluding hydrogens is 236 g/mol. The minimum absolute atomic E-state index is 0.374. The molecule has 3 nitrogen and oxygen atoms in total.